The van der Waals surface area contributed by atoms with Crippen LogP contribution >= 0.6 is 0 Å². The maximum absolute atomic E-state index is 11.7. The Morgan fingerprint density at radius 2 is 2.10 bits per heavy atom. The molecule has 0 aliphatic heterocycles. The van der Waals surface area contributed by atoms with Gasteiger partial charge in [0.05, 0.1) is 13.2 Å². The topological polar surface area (TPSA) is 93.8 Å². The molecule has 21 heavy (non-hydrogen) atoms. The minimum absolute atomic E-state index is 0.355. The lowest BCUT2D eigenvalue weighted by molar-refractivity contribution is 0.0635. The van der Waals surface area contributed by atoms with Gasteiger partial charge in [-0.3, -0.25) is 5.32 Å². The molecule has 0 saturated carbocycles. The largest absolute Gasteiger partial charge is 0.496 e. The zero-order valence-electron chi connectivity index (χ0n) is 13.0. The Labute approximate surface area is 125 Å². The Bertz CT molecular complexity index is 483. The maximum Gasteiger partial charge on any atom is 0.412 e. The number of aliphatic hydroxyl groups is 1. The standard InChI is InChI=1S/C15H24N2O4/c1-15(2,3)21-14(19)17-10-5-6-13(20-4)11(9-10)12(18)7-8-16/h5-6,9,12,18H,7-8,16H2,1-4H3,(H,17,19). The Morgan fingerprint density at radius 3 is 2.62 bits per heavy atom. The summed E-state index contributed by atoms with van der Waals surface area (Å²) in [6.07, 6.45) is -0.885. The number of aliphatic hydroxyl groups excluding tert-OH is 1. The van der Waals surface area contributed by atoms with Crippen molar-refractivity contribution in [2.45, 2.75) is 38.9 Å². The predicted octanol–water partition coefficient (Wildman–Crippen LogP) is 2.42. The van der Waals surface area contributed by atoms with Crippen LogP contribution in [0, 0.1) is 0 Å². The molecule has 1 unspecified atom stereocenters. The van der Waals surface area contributed by atoms with Crippen molar-refractivity contribution < 1.29 is 19.4 Å². The van der Waals surface area contributed by atoms with Crippen molar-refractivity contribution in [3.8, 4) is 5.75 Å². The quantitative estimate of drug-likeness (QED) is 0.776. The van der Waals surface area contributed by atoms with E-state index in [4.69, 9.17) is 15.2 Å². The van der Waals surface area contributed by atoms with Crippen LogP contribution in [-0.2, 0) is 4.74 Å². The average Bonchev–Trinajstić information content (AvgIpc) is 2.36. The number of hydrogen-bond acceptors (Lipinski definition) is 5. The highest BCUT2D eigenvalue weighted by Crippen LogP contribution is 2.30. The number of benzene rings is 1. The molecule has 0 spiro atoms. The SMILES string of the molecule is COc1ccc(NC(=O)OC(C)(C)C)cc1C(O)CCN. The van der Waals surface area contributed by atoms with Gasteiger partial charge in [-0.15, -0.1) is 0 Å². The zero-order chi connectivity index (χ0) is 16.0. The van der Waals surface area contributed by atoms with E-state index in [0.717, 1.165) is 0 Å². The molecule has 6 nitrogen and oxygen atoms in total. The Hall–Kier alpha value is -1.79. The van der Waals surface area contributed by atoms with Crippen molar-refractivity contribution in [2.24, 2.45) is 5.73 Å². The van der Waals surface area contributed by atoms with E-state index in [1.807, 2.05) is 0 Å². The normalized spacial score (nSPS) is 12.7. The second-order valence-electron chi connectivity index (χ2n) is 5.68. The number of rotatable bonds is 5. The average molecular weight is 296 g/mol. The van der Waals surface area contributed by atoms with Crippen LogP contribution in [0.2, 0.25) is 0 Å². The molecule has 118 valence electrons. The van der Waals surface area contributed by atoms with Crippen molar-refractivity contribution in [1.29, 1.82) is 0 Å². The Kier molecular flexibility index (Phi) is 5.99. The van der Waals surface area contributed by atoms with E-state index in [0.29, 0.717) is 30.0 Å². The van der Waals surface area contributed by atoms with Crippen molar-refractivity contribution in [3.63, 3.8) is 0 Å². The van der Waals surface area contributed by atoms with Gasteiger partial charge >= 0.3 is 6.09 Å². The van der Waals surface area contributed by atoms with Gasteiger partial charge in [0.15, 0.2) is 0 Å². The van der Waals surface area contributed by atoms with Crippen molar-refractivity contribution >= 4 is 11.8 Å². The Morgan fingerprint density at radius 1 is 1.43 bits per heavy atom. The summed E-state index contributed by atoms with van der Waals surface area (Å²) in [6, 6.07) is 5.02. The minimum atomic E-state index is -0.745. The summed E-state index contributed by atoms with van der Waals surface area (Å²) in [7, 11) is 1.52. The van der Waals surface area contributed by atoms with E-state index < -0.39 is 17.8 Å². The number of hydrogen-bond donors (Lipinski definition) is 3. The second kappa shape index (κ2) is 7.28. The molecule has 0 fully saturated rings. The van der Waals surface area contributed by atoms with E-state index in [-0.39, 0.29) is 0 Å². The molecule has 0 heterocycles. The highest BCUT2D eigenvalue weighted by Gasteiger charge is 2.18. The van der Waals surface area contributed by atoms with Crippen LogP contribution in [0.15, 0.2) is 18.2 Å². The molecule has 6 heteroatoms. The van der Waals surface area contributed by atoms with Gasteiger partial charge in [0.1, 0.15) is 11.4 Å². The smallest absolute Gasteiger partial charge is 0.412 e. The van der Waals surface area contributed by atoms with Gasteiger partial charge in [-0.2, -0.15) is 0 Å². The fraction of sp³-hybridized carbons (Fsp3) is 0.533. The number of methoxy groups -OCH3 is 1. The van der Waals surface area contributed by atoms with Gasteiger partial charge in [-0.1, -0.05) is 0 Å². The summed E-state index contributed by atoms with van der Waals surface area (Å²) in [5.41, 5.74) is 5.99. The van der Waals surface area contributed by atoms with Crippen LogP contribution < -0.4 is 15.8 Å². The second-order valence-corrected chi connectivity index (χ2v) is 5.68. The fourth-order valence-electron chi connectivity index (χ4n) is 1.81. The van der Waals surface area contributed by atoms with Gasteiger partial charge in [-0.05, 0) is 51.9 Å². The van der Waals surface area contributed by atoms with Crippen LogP contribution in [0.4, 0.5) is 10.5 Å². The first-order chi connectivity index (χ1) is 9.76. The van der Waals surface area contributed by atoms with E-state index in [2.05, 4.69) is 5.32 Å². The maximum atomic E-state index is 11.7. The summed E-state index contributed by atoms with van der Waals surface area (Å²) in [5, 5.41) is 12.7. The molecule has 1 aromatic carbocycles. The molecule has 1 rings (SSSR count). The molecular weight excluding hydrogens is 272 g/mol. The number of nitrogens with one attached hydrogen (secondary N) is 1. The molecule has 0 aromatic heterocycles. The first-order valence-electron chi connectivity index (χ1n) is 6.83. The molecule has 0 aliphatic rings. The lowest BCUT2D eigenvalue weighted by atomic mass is 10.0. The molecule has 1 aromatic rings. The molecule has 0 saturated heterocycles. The van der Waals surface area contributed by atoms with Gasteiger partial charge in [0.25, 0.3) is 0 Å². The fourth-order valence-corrected chi connectivity index (χ4v) is 1.81. The van der Waals surface area contributed by atoms with E-state index >= 15 is 0 Å². The number of amides is 1. The predicted molar refractivity (Wildman–Crippen MR) is 81.5 cm³/mol. The summed E-state index contributed by atoms with van der Waals surface area (Å²) in [5.74, 6) is 0.547. The zero-order valence-corrected chi connectivity index (χ0v) is 13.0. The molecule has 1 atom stereocenters. The Balaban J connectivity index is 2.90. The molecule has 0 aliphatic carbocycles. The van der Waals surface area contributed by atoms with Crippen molar-refractivity contribution in [1.82, 2.24) is 0 Å². The number of carbonyl (C=O) groups is 1. The van der Waals surface area contributed by atoms with Crippen LogP contribution in [0.25, 0.3) is 0 Å². The van der Waals surface area contributed by atoms with E-state index in [9.17, 15) is 9.90 Å². The number of carbonyl (C=O) groups excluding carboxylic acids is 1. The highest BCUT2D eigenvalue weighted by atomic mass is 16.6. The number of ether oxygens (including phenoxy) is 2. The summed E-state index contributed by atoms with van der Waals surface area (Å²) in [6.45, 7) is 5.72. The monoisotopic (exact) mass is 296 g/mol. The molecule has 4 N–H and O–H groups in total. The van der Waals surface area contributed by atoms with Crippen LogP contribution in [0.1, 0.15) is 38.9 Å². The van der Waals surface area contributed by atoms with E-state index in [1.165, 1.54) is 7.11 Å². The summed E-state index contributed by atoms with van der Waals surface area (Å²) < 4.78 is 10.4. The van der Waals surface area contributed by atoms with Crippen LogP contribution in [-0.4, -0.2) is 30.5 Å². The molecule has 0 radical (unpaired) electrons. The third-order valence-corrected chi connectivity index (χ3v) is 2.67. The molecular formula is C15H24N2O4. The lowest BCUT2D eigenvalue weighted by Gasteiger charge is -2.20. The van der Waals surface area contributed by atoms with Gasteiger partial charge in [0, 0.05) is 11.3 Å². The highest BCUT2D eigenvalue weighted by molar-refractivity contribution is 5.85. The van der Waals surface area contributed by atoms with Crippen molar-refractivity contribution in [3.05, 3.63) is 23.8 Å². The molecule has 1 amide bonds. The van der Waals surface area contributed by atoms with Crippen LogP contribution in [0.5, 0.6) is 5.75 Å². The summed E-state index contributed by atoms with van der Waals surface area (Å²) in [4.78, 5) is 11.7. The van der Waals surface area contributed by atoms with Gasteiger partial charge in [0.2, 0.25) is 0 Å². The van der Waals surface area contributed by atoms with Gasteiger partial charge < -0.3 is 20.3 Å². The third-order valence-electron chi connectivity index (χ3n) is 2.67. The number of anilines is 1. The minimum Gasteiger partial charge on any atom is -0.496 e. The summed E-state index contributed by atoms with van der Waals surface area (Å²) >= 11 is 0. The van der Waals surface area contributed by atoms with Crippen LogP contribution in [0.3, 0.4) is 0 Å². The molecule has 0 bridgehead atoms. The first kappa shape index (κ1) is 17.3. The number of nitrogens with two attached hydrogens (primary N) is 1. The van der Waals surface area contributed by atoms with Crippen molar-refractivity contribution in [2.75, 3.05) is 19.0 Å². The van der Waals surface area contributed by atoms with E-state index in [1.54, 1.807) is 39.0 Å². The third kappa shape index (κ3) is 5.61. The first-order valence-corrected chi connectivity index (χ1v) is 6.83. The van der Waals surface area contributed by atoms with Gasteiger partial charge in [-0.25, -0.2) is 4.79 Å². The lowest BCUT2D eigenvalue weighted by Crippen LogP contribution is -2.27.